The van der Waals surface area contributed by atoms with Crippen LogP contribution in [0.25, 0.3) is 0 Å². The molecule has 0 radical (unpaired) electrons. The third-order valence-corrected chi connectivity index (χ3v) is 4.63. The first-order valence-electron chi connectivity index (χ1n) is 7.86. The molecule has 0 aliphatic carbocycles. The number of aromatic nitrogens is 1. The van der Waals surface area contributed by atoms with Crippen LogP contribution < -0.4 is 10.1 Å². The van der Waals surface area contributed by atoms with Gasteiger partial charge in [0.2, 0.25) is 0 Å². The molecular formula is C20H18N2O2S. The Hall–Kier alpha value is -2.79. The molecule has 1 aromatic heterocycles. The maximum atomic E-state index is 12.6. The number of hydrogen-bond donors (Lipinski definition) is 1. The van der Waals surface area contributed by atoms with E-state index in [0.29, 0.717) is 17.1 Å². The van der Waals surface area contributed by atoms with Gasteiger partial charge in [0.05, 0.1) is 12.7 Å². The summed E-state index contributed by atoms with van der Waals surface area (Å²) in [5.41, 5.74) is 1.49. The molecule has 1 N–H and O–H groups in total. The molecule has 0 aliphatic rings. The lowest BCUT2D eigenvalue weighted by atomic mass is 10.2. The van der Waals surface area contributed by atoms with Crippen molar-refractivity contribution in [3.05, 3.63) is 84.1 Å². The number of nitrogens with zero attached hydrogens (tertiary/aromatic N) is 1. The molecule has 0 saturated heterocycles. The first-order valence-corrected chi connectivity index (χ1v) is 8.67. The molecule has 5 heteroatoms. The van der Waals surface area contributed by atoms with E-state index < -0.39 is 0 Å². The van der Waals surface area contributed by atoms with E-state index in [1.807, 2.05) is 54.6 Å². The molecule has 2 aromatic carbocycles. The molecule has 0 saturated carbocycles. The van der Waals surface area contributed by atoms with Crippen LogP contribution in [0.3, 0.4) is 0 Å². The van der Waals surface area contributed by atoms with E-state index in [1.54, 1.807) is 25.4 Å². The van der Waals surface area contributed by atoms with E-state index >= 15 is 0 Å². The molecule has 0 spiro atoms. The fourth-order valence-corrected chi connectivity index (χ4v) is 3.27. The molecule has 1 amide bonds. The number of pyridine rings is 1. The lowest BCUT2D eigenvalue weighted by Crippen LogP contribution is -2.23. The summed E-state index contributed by atoms with van der Waals surface area (Å²) in [4.78, 5) is 18.0. The Kier molecular flexibility index (Phi) is 5.69. The summed E-state index contributed by atoms with van der Waals surface area (Å²) in [5.74, 6) is 0.602. The summed E-state index contributed by atoms with van der Waals surface area (Å²) >= 11 is 1.48. The van der Waals surface area contributed by atoms with Gasteiger partial charge in [-0.25, -0.2) is 4.98 Å². The van der Waals surface area contributed by atoms with Crippen molar-refractivity contribution in [3.63, 3.8) is 0 Å². The van der Waals surface area contributed by atoms with Crippen molar-refractivity contribution in [1.29, 1.82) is 0 Å². The van der Waals surface area contributed by atoms with E-state index in [9.17, 15) is 4.79 Å². The van der Waals surface area contributed by atoms with Crippen molar-refractivity contribution in [2.45, 2.75) is 16.5 Å². The molecule has 0 aliphatic heterocycles. The van der Waals surface area contributed by atoms with Crippen LogP contribution in [0.1, 0.15) is 15.9 Å². The SMILES string of the molecule is COc1ccccc1CNC(=O)c1cccnc1Sc1ccccc1. The number of ether oxygens (including phenoxy) is 1. The molecule has 0 unspecified atom stereocenters. The summed E-state index contributed by atoms with van der Waals surface area (Å²) < 4.78 is 5.32. The Labute approximate surface area is 151 Å². The predicted octanol–water partition coefficient (Wildman–Crippen LogP) is 4.17. The number of rotatable bonds is 6. The zero-order valence-corrected chi connectivity index (χ0v) is 14.6. The van der Waals surface area contributed by atoms with Gasteiger partial charge in [0.1, 0.15) is 10.8 Å². The zero-order valence-electron chi connectivity index (χ0n) is 13.8. The Morgan fingerprint density at radius 1 is 1.04 bits per heavy atom. The predicted molar refractivity (Wildman–Crippen MR) is 99.0 cm³/mol. The van der Waals surface area contributed by atoms with Gasteiger partial charge in [0.25, 0.3) is 5.91 Å². The van der Waals surface area contributed by atoms with Gasteiger partial charge in [-0.15, -0.1) is 0 Å². The van der Waals surface area contributed by atoms with Gasteiger partial charge >= 0.3 is 0 Å². The monoisotopic (exact) mass is 350 g/mol. The fourth-order valence-electron chi connectivity index (χ4n) is 2.36. The van der Waals surface area contributed by atoms with E-state index in [1.165, 1.54) is 11.8 Å². The first-order chi connectivity index (χ1) is 12.3. The van der Waals surface area contributed by atoms with Gasteiger partial charge in [0.15, 0.2) is 0 Å². The third-order valence-electron chi connectivity index (χ3n) is 3.61. The van der Waals surface area contributed by atoms with Crippen LogP contribution in [0, 0.1) is 0 Å². The number of carbonyl (C=O) groups excluding carboxylic acids is 1. The Balaban J connectivity index is 1.74. The number of hydrogen-bond acceptors (Lipinski definition) is 4. The molecule has 0 atom stereocenters. The quantitative estimate of drug-likeness (QED) is 0.725. The average Bonchev–Trinajstić information content (AvgIpc) is 2.67. The minimum absolute atomic E-state index is 0.155. The molecule has 3 rings (SSSR count). The maximum Gasteiger partial charge on any atom is 0.254 e. The summed E-state index contributed by atoms with van der Waals surface area (Å²) in [6.45, 7) is 0.396. The highest BCUT2D eigenvalue weighted by molar-refractivity contribution is 7.99. The van der Waals surface area contributed by atoms with Gasteiger partial charge in [-0.2, -0.15) is 0 Å². The van der Waals surface area contributed by atoms with Crippen LogP contribution in [0.5, 0.6) is 5.75 Å². The molecule has 4 nitrogen and oxygen atoms in total. The number of amides is 1. The van der Waals surface area contributed by atoms with Crippen LogP contribution in [0.15, 0.2) is 82.8 Å². The van der Waals surface area contributed by atoms with Crippen molar-refractivity contribution in [3.8, 4) is 5.75 Å². The van der Waals surface area contributed by atoms with Gasteiger partial charge in [-0.3, -0.25) is 4.79 Å². The molecule has 3 aromatic rings. The number of carbonyl (C=O) groups is 1. The molecule has 126 valence electrons. The second kappa shape index (κ2) is 8.35. The number of para-hydroxylation sites is 1. The topological polar surface area (TPSA) is 51.2 Å². The van der Waals surface area contributed by atoms with E-state index in [2.05, 4.69) is 10.3 Å². The molecule has 25 heavy (non-hydrogen) atoms. The Bertz CT molecular complexity index is 853. The average molecular weight is 350 g/mol. The number of methoxy groups -OCH3 is 1. The van der Waals surface area contributed by atoms with E-state index in [-0.39, 0.29) is 5.91 Å². The van der Waals surface area contributed by atoms with Crippen molar-refractivity contribution >= 4 is 17.7 Å². The summed E-state index contributed by atoms with van der Waals surface area (Å²) in [7, 11) is 1.62. The number of benzene rings is 2. The van der Waals surface area contributed by atoms with Crippen LogP contribution in [0.4, 0.5) is 0 Å². The maximum absolute atomic E-state index is 12.6. The largest absolute Gasteiger partial charge is 0.496 e. The zero-order chi connectivity index (χ0) is 17.5. The Morgan fingerprint density at radius 2 is 1.80 bits per heavy atom. The second-order valence-electron chi connectivity index (χ2n) is 5.27. The standard InChI is InChI=1S/C20H18N2O2S/c1-24-18-12-6-5-8-15(18)14-22-19(23)17-11-7-13-21-20(17)25-16-9-3-2-4-10-16/h2-13H,14H2,1H3,(H,22,23). The summed E-state index contributed by atoms with van der Waals surface area (Å²) in [6, 6.07) is 21.1. The van der Waals surface area contributed by atoms with Crippen LogP contribution >= 0.6 is 11.8 Å². The minimum Gasteiger partial charge on any atom is -0.496 e. The van der Waals surface area contributed by atoms with Gasteiger partial charge in [-0.1, -0.05) is 48.2 Å². The van der Waals surface area contributed by atoms with Crippen molar-refractivity contribution in [1.82, 2.24) is 10.3 Å². The Morgan fingerprint density at radius 3 is 2.60 bits per heavy atom. The summed E-state index contributed by atoms with van der Waals surface area (Å²) in [5, 5.41) is 3.63. The lowest BCUT2D eigenvalue weighted by molar-refractivity contribution is 0.0947. The van der Waals surface area contributed by atoms with Crippen LogP contribution in [-0.4, -0.2) is 18.0 Å². The highest BCUT2D eigenvalue weighted by Gasteiger charge is 2.14. The van der Waals surface area contributed by atoms with E-state index in [0.717, 1.165) is 16.2 Å². The van der Waals surface area contributed by atoms with Crippen LogP contribution in [-0.2, 0) is 6.54 Å². The smallest absolute Gasteiger partial charge is 0.254 e. The molecule has 1 heterocycles. The van der Waals surface area contributed by atoms with Gasteiger partial charge < -0.3 is 10.1 Å². The number of nitrogens with one attached hydrogen (secondary N) is 1. The normalized spacial score (nSPS) is 10.3. The lowest BCUT2D eigenvalue weighted by Gasteiger charge is -2.11. The molecule has 0 bridgehead atoms. The van der Waals surface area contributed by atoms with E-state index in [4.69, 9.17) is 4.74 Å². The van der Waals surface area contributed by atoms with Crippen molar-refractivity contribution in [2.24, 2.45) is 0 Å². The fraction of sp³-hybridized carbons (Fsp3) is 0.100. The molecular weight excluding hydrogens is 332 g/mol. The minimum atomic E-state index is -0.155. The van der Waals surface area contributed by atoms with Crippen LogP contribution in [0.2, 0.25) is 0 Å². The highest BCUT2D eigenvalue weighted by atomic mass is 32.2. The van der Waals surface area contributed by atoms with Gasteiger partial charge in [-0.05, 0) is 30.3 Å². The highest BCUT2D eigenvalue weighted by Crippen LogP contribution is 2.28. The first kappa shape index (κ1) is 17.0. The van der Waals surface area contributed by atoms with Gasteiger partial charge in [0, 0.05) is 23.2 Å². The molecule has 0 fully saturated rings. The second-order valence-corrected chi connectivity index (χ2v) is 6.33. The third kappa shape index (κ3) is 4.39. The van der Waals surface area contributed by atoms with Crippen molar-refractivity contribution in [2.75, 3.05) is 7.11 Å². The summed E-state index contributed by atoms with van der Waals surface area (Å²) in [6.07, 6.45) is 1.70. The van der Waals surface area contributed by atoms with Crippen molar-refractivity contribution < 1.29 is 9.53 Å².